The molecule has 1 aliphatic carbocycles. The van der Waals surface area contributed by atoms with Crippen molar-refractivity contribution < 1.29 is 0 Å². The number of rotatable bonds is 6. The Balaban J connectivity index is 1.13. The largest absolute Gasteiger partial charge is 0.309 e. The predicted molar refractivity (Wildman–Crippen MR) is 251 cm³/mol. The monoisotopic (exact) mass is 756 g/mol. The predicted octanol–water partition coefficient (Wildman–Crippen LogP) is 15.7. The van der Waals surface area contributed by atoms with Crippen molar-refractivity contribution in [3.63, 3.8) is 0 Å². The van der Waals surface area contributed by atoms with Crippen LogP contribution in [0.5, 0.6) is 0 Å². The van der Waals surface area contributed by atoms with Crippen LogP contribution in [0.2, 0.25) is 0 Å². The van der Waals surface area contributed by atoms with Gasteiger partial charge in [-0.2, -0.15) is 0 Å². The normalized spacial score (nSPS) is 12.9. The van der Waals surface area contributed by atoms with E-state index in [4.69, 9.17) is 0 Å². The van der Waals surface area contributed by atoms with E-state index < -0.39 is 0 Å². The van der Waals surface area contributed by atoms with Crippen molar-refractivity contribution in [1.29, 1.82) is 0 Å². The second kappa shape index (κ2) is 13.5. The summed E-state index contributed by atoms with van der Waals surface area (Å²) in [4.78, 5) is 2.49. The zero-order valence-corrected chi connectivity index (χ0v) is 33.9. The third-order valence-electron chi connectivity index (χ3n) is 12.8. The topological polar surface area (TPSA) is 8.17 Å². The molecule has 0 spiro atoms. The number of hydrogen-bond donors (Lipinski definition) is 0. The van der Waals surface area contributed by atoms with Gasteiger partial charge in [-0.1, -0.05) is 153 Å². The van der Waals surface area contributed by atoms with Gasteiger partial charge in [0.2, 0.25) is 0 Å². The summed E-state index contributed by atoms with van der Waals surface area (Å²) in [5.74, 6) is 0. The van der Waals surface area contributed by atoms with Crippen LogP contribution in [0.15, 0.2) is 194 Å². The van der Waals surface area contributed by atoms with Gasteiger partial charge in [0.05, 0.1) is 22.4 Å². The Hall–Kier alpha value is -7.16. The summed E-state index contributed by atoms with van der Waals surface area (Å²) in [5.41, 5.74) is 19.7. The minimum atomic E-state index is -0.262. The van der Waals surface area contributed by atoms with Gasteiger partial charge in [-0.3, -0.25) is 0 Å². The first kappa shape index (κ1) is 35.0. The lowest BCUT2D eigenvalue weighted by molar-refractivity contribution is 0.660. The number of fused-ring (bicyclic) bond motifs is 8. The summed E-state index contributed by atoms with van der Waals surface area (Å²) in [5, 5.41) is 5.04. The maximum atomic E-state index is 2.49. The number of nitrogens with zero attached hydrogens (tertiary/aromatic N) is 2. The summed E-state index contributed by atoms with van der Waals surface area (Å²) in [7, 11) is 0. The lowest BCUT2D eigenvalue weighted by Gasteiger charge is -2.31. The number of hydrogen-bond acceptors (Lipinski definition) is 1. The summed E-state index contributed by atoms with van der Waals surface area (Å²) >= 11 is 0. The second-order valence-corrected chi connectivity index (χ2v) is 16.7. The Morgan fingerprint density at radius 1 is 0.424 bits per heavy atom. The first-order valence-electron chi connectivity index (χ1n) is 20.7. The molecule has 0 aliphatic heterocycles. The Morgan fingerprint density at radius 3 is 1.56 bits per heavy atom. The van der Waals surface area contributed by atoms with Crippen LogP contribution in [0.25, 0.3) is 71.6 Å². The van der Waals surface area contributed by atoms with Gasteiger partial charge in [0.1, 0.15) is 0 Å². The second-order valence-electron chi connectivity index (χ2n) is 16.7. The van der Waals surface area contributed by atoms with Crippen LogP contribution in [0.1, 0.15) is 36.1 Å². The highest BCUT2D eigenvalue weighted by Crippen LogP contribution is 2.55. The summed E-state index contributed by atoms with van der Waals surface area (Å²) in [6.07, 6.45) is 0. The zero-order valence-electron chi connectivity index (χ0n) is 33.9. The number of benzene rings is 9. The molecule has 1 aromatic heterocycles. The van der Waals surface area contributed by atoms with Crippen LogP contribution < -0.4 is 4.90 Å². The molecule has 10 aromatic rings. The van der Waals surface area contributed by atoms with E-state index in [9.17, 15) is 0 Å². The van der Waals surface area contributed by atoms with Crippen molar-refractivity contribution in [2.24, 2.45) is 0 Å². The van der Waals surface area contributed by atoms with Crippen LogP contribution in [-0.2, 0) is 5.41 Å². The Labute approximate surface area is 346 Å². The van der Waals surface area contributed by atoms with Gasteiger partial charge in [-0.15, -0.1) is 0 Å². The molecule has 11 rings (SSSR count). The molecule has 59 heavy (non-hydrogen) atoms. The number of aromatic nitrogens is 1. The molecule has 1 aliphatic rings. The van der Waals surface area contributed by atoms with Crippen molar-refractivity contribution >= 4 is 49.6 Å². The lowest BCUT2D eigenvalue weighted by atomic mass is 9.81. The molecule has 0 amide bonds. The highest BCUT2D eigenvalue weighted by molar-refractivity contribution is 6.13. The maximum Gasteiger partial charge on any atom is 0.0543 e. The standard InChI is InChI=1S/C57H44N2/c1-37-17-16-18-38(2)56(37)59(43-23-12-7-13-24-43)54-36-51-55(46-26-15-14-25-45(46)54)47-30-29-44(35-50(47)57(51,3)4)58-52-31-27-41(39-19-8-5-9-20-39)33-48(52)49-34-42(28-32-53(49)58)40-21-10-6-11-22-40/h5-36H,1-4H3. The van der Waals surface area contributed by atoms with Crippen molar-refractivity contribution in [1.82, 2.24) is 4.57 Å². The van der Waals surface area contributed by atoms with Crippen molar-refractivity contribution in [2.75, 3.05) is 4.90 Å². The molecular formula is C57H44N2. The zero-order chi connectivity index (χ0) is 39.8. The molecule has 0 atom stereocenters. The van der Waals surface area contributed by atoms with E-state index in [1.807, 2.05) is 0 Å². The van der Waals surface area contributed by atoms with Crippen LogP contribution in [0.4, 0.5) is 17.1 Å². The van der Waals surface area contributed by atoms with E-state index in [2.05, 4.69) is 231 Å². The summed E-state index contributed by atoms with van der Waals surface area (Å²) < 4.78 is 2.48. The third-order valence-corrected chi connectivity index (χ3v) is 12.8. The van der Waals surface area contributed by atoms with E-state index in [1.54, 1.807) is 0 Å². The molecule has 0 saturated carbocycles. The lowest BCUT2D eigenvalue weighted by Crippen LogP contribution is -2.18. The smallest absolute Gasteiger partial charge is 0.0543 e. The van der Waals surface area contributed by atoms with Crippen LogP contribution >= 0.6 is 0 Å². The highest BCUT2D eigenvalue weighted by Gasteiger charge is 2.38. The molecule has 0 saturated heterocycles. The first-order valence-corrected chi connectivity index (χ1v) is 20.7. The molecule has 2 nitrogen and oxygen atoms in total. The van der Waals surface area contributed by atoms with Gasteiger partial charge >= 0.3 is 0 Å². The summed E-state index contributed by atoms with van der Waals surface area (Å²) in [6, 6.07) is 71.6. The van der Waals surface area contributed by atoms with Crippen molar-refractivity contribution in [3.05, 3.63) is 216 Å². The minimum Gasteiger partial charge on any atom is -0.309 e. The average molecular weight is 757 g/mol. The Kier molecular flexibility index (Phi) is 8.00. The third kappa shape index (κ3) is 5.47. The van der Waals surface area contributed by atoms with Gasteiger partial charge in [0.25, 0.3) is 0 Å². The van der Waals surface area contributed by atoms with E-state index in [1.165, 1.54) is 105 Å². The van der Waals surface area contributed by atoms with E-state index in [0.717, 1.165) is 5.69 Å². The van der Waals surface area contributed by atoms with Crippen LogP contribution in [0.3, 0.4) is 0 Å². The fraction of sp³-hybridized carbons (Fsp3) is 0.0877. The molecule has 1 heterocycles. The number of anilines is 3. The Bertz CT molecular complexity index is 3130. The van der Waals surface area contributed by atoms with Crippen molar-refractivity contribution in [3.8, 4) is 39.1 Å². The van der Waals surface area contributed by atoms with Crippen LogP contribution in [-0.4, -0.2) is 4.57 Å². The molecule has 0 radical (unpaired) electrons. The fourth-order valence-corrected chi connectivity index (χ4v) is 9.92. The van der Waals surface area contributed by atoms with E-state index >= 15 is 0 Å². The van der Waals surface area contributed by atoms with Gasteiger partial charge in [-0.05, 0) is 129 Å². The Morgan fingerprint density at radius 2 is 0.966 bits per heavy atom. The highest BCUT2D eigenvalue weighted by atomic mass is 15.1. The number of para-hydroxylation sites is 2. The minimum absolute atomic E-state index is 0.262. The quantitative estimate of drug-likeness (QED) is 0.164. The summed E-state index contributed by atoms with van der Waals surface area (Å²) in [6.45, 7) is 9.29. The van der Waals surface area contributed by atoms with Crippen molar-refractivity contribution in [2.45, 2.75) is 33.1 Å². The molecule has 282 valence electrons. The van der Waals surface area contributed by atoms with Gasteiger partial charge in [-0.25, -0.2) is 0 Å². The molecule has 0 fully saturated rings. The molecule has 2 heteroatoms. The van der Waals surface area contributed by atoms with E-state index in [0.29, 0.717) is 0 Å². The maximum absolute atomic E-state index is 2.49. The molecule has 0 unspecified atom stereocenters. The van der Waals surface area contributed by atoms with E-state index in [-0.39, 0.29) is 5.41 Å². The molecule has 9 aromatic carbocycles. The SMILES string of the molecule is Cc1cccc(C)c1N(c1ccccc1)c1cc2c(c3ccccc13)-c1ccc(-n3c4ccc(-c5ccccc5)cc4c4cc(-c5ccccc5)ccc43)cc1C2(C)C. The fourth-order valence-electron chi connectivity index (χ4n) is 9.92. The van der Waals surface area contributed by atoms with Crippen LogP contribution in [0, 0.1) is 13.8 Å². The molecular weight excluding hydrogens is 713 g/mol. The van der Waals surface area contributed by atoms with Gasteiger partial charge in [0.15, 0.2) is 0 Å². The first-order chi connectivity index (χ1) is 28.9. The number of aryl methyl sites for hydroxylation is 2. The molecule has 0 bridgehead atoms. The van der Waals surface area contributed by atoms with Gasteiger partial charge in [0, 0.05) is 32.9 Å². The molecule has 0 N–H and O–H groups in total. The van der Waals surface area contributed by atoms with Gasteiger partial charge < -0.3 is 9.47 Å². The average Bonchev–Trinajstić information content (AvgIpc) is 3.72.